The van der Waals surface area contributed by atoms with Gasteiger partial charge in [0.15, 0.2) is 0 Å². The molecule has 0 aliphatic carbocycles. The molecule has 0 atom stereocenters. The van der Waals surface area contributed by atoms with Gasteiger partial charge in [0.1, 0.15) is 0 Å². The first-order valence-corrected chi connectivity index (χ1v) is 15.6. The number of benzene rings is 3. The van der Waals surface area contributed by atoms with Crippen LogP contribution in [0.1, 0.15) is 46.0 Å². The lowest BCUT2D eigenvalue weighted by molar-refractivity contribution is -0.137. The number of carbonyl (C=O) groups is 1. The Morgan fingerprint density at radius 2 is 1.46 bits per heavy atom. The number of hydrogen-bond acceptors (Lipinski definition) is 6. The summed E-state index contributed by atoms with van der Waals surface area (Å²) in [6.45, 7) is 10.4. The van der Waals surface area contributed by atoms with E-state index >= 15 is 0 Å². The van der Waals surface area contributed by atoms with Crippen LogP contribution >= 0.6 is 24.8 Å². The maximum atomic E-state index is 14.1. The van der Waals surface area contributed by atoms with Crippen LogP contribution in [0.4, 0.5) is 13.2 Å². The summed E-state index contributed by atoms with van der Waals surface area (Å²) < 4.78 is 49.4. The van der Waals surface area contributed by atoms with E-state index in [4.69, 9.17) is 4.74 Å². The van der Waals surface area contributed by atoms with E-state index in [1.165, 1.54) is 22.3 Å². The van der Waals surface area contributed by atoms with Crippen molar-refractivity contribution in [3.05, 3.63) is 109 Å². The number of nitrogens with zero attached hydrogens (tertiary/aromatic N) is 4. The average Bonchev–Trinajstić information content (AvgIpc) is 3.02. The van der Waals surface area contributed by atoms with Crippen molar-refractivity contribution in [3.63, 3.8) is 0 Å². The fourth-order valence-corrected chi connectivity index (χ4v) is 6.34. The van der Waals surface area contributed by atoms with Gasteiger partial charge in [-0.05, 0) is 75.0 Å². The summed E-state index contributed by atoms with van der Waals surface area (Å²) in [5, 5.41) is 0.0114. The van der Waals surface area contributed by atoms with E-state index in [0.717, 1.165) is 51.3 Å². The summed E-state index contributed by atoms with van der Waals surface area (Å²) in [7, 11) is 0. The molecule has 13 heteroatoms. The standard InChI is InChI=1S/C35H39F3N4O4.2ClH/c1-4-46-33(44)30-24(2)23-29-31(25(30)3)32(43)42(28-14-9-8-13-27(28)35(36,37)38)34(45)41(29)17-10-16-39-19-21-40(22-20-39)18-15-26-11-6-5-7-12-26;;/h5-9,11-14,23H,4,10,15-22H2,1-3H3;2*1H. The van der Waals surface area contributed by atoms with Gasteiger partial charge in [0, 0.05) is 39.3 Å². The second-order valence-corrected chi connectivity index (χ2v) is 11.7. The molecule has 4 aromatic rings. The van der Waals surface area contributed by atoms with Crippen molar-refractivity contribution in [2.75, 3.05) is 45.9 Å². The van der Waals surface area contributed by atoms with Crippen LogP contribution in [0.5, 0.6) is 0 Å². The Hall–Kier alpha value is -3.64. The summed E-state index contributed by atoms with van der Waals surface area (Å²) >= 11 is 0. The third-order valence-corrected chi connectivity index (χ3v) is 8.69. The Morgan fingerprint density at radius 1 is 0.854 bits per heavy atom. The van der Waals surface area contributed by atoms with Crippen molar-refractivity contribution in [2.24, 2.45) is 0 Å². The number of piperazine rings is 1. The highest BCUT2D eigenvalue weighted by Gasteiger charge is 2.35. The summed E-state index contributed by atoms with van der Waals surface area (Å²) in [4.78, 5) is 45.6. The minimum Gasteiger partial charge on any atom is -0.462 e. The number of fused-ring (bicyclic) bond motifs is 1. The van der Waals surface area contributed by atoms with Gasteiger partial charge in [0.25, 0.3) is 5.56 Å². The largest absolute Gasteiger partial charge is 0.462 e. The first kappa shape index (κ1) is 38.8. The van der Waals surface area contributed by atoms with Crippen molar-refractivity contribution in [1.82, 2.24) is 18.9 Å². The first-order chi connectivity index (χ1) is 22.0. The minimum absolute atomic E-state index is 0. The second-order valence-electron chi connectivity index (χ2n) is 11.7. The molecule has 2 heterocycles. The van der Waals surface area contributed by atoms with Crippen LogP contribution in [-0.2, 0) is 23.9 Å². The smallest absolute Gasteiger partial charge is 0.418 e. The van der Waals surface area contributed by atoms with E-state index < -0.39 is 34.6 Å². The third kappa shape index (κ3) is 8.31. The molecule has 260 valence electrons. The van der Waals surface area contributed by atoms with Gasteiger partial charge in [0.2, 0.25) is 0 Å². The highest BCUT2D eigenvalue weighted by Crippen LogP contribution is 2.33. The zero-order valence-electron chi connectivity index (χ0n) is 27.2. The number of ether oxygens (including phenoxy) is 1. The van der Waals surface area contributed by atoms with Crippen molar-refractivity contribution >= 4 is 41.7 Å². The van der Waals surface area contributed by atoms with Gasteiger partial charge < -0.3 is 14.5 Å². The Morgan fingerprint density at radius 3 is 2.08 bits per heavy atom. The van der Waals surface area contributed by atoms with Crippen LogP contribution in [0, 0.1) is 13.8 Å². The third-order valence-electron chi connectivity index (χ3n) is 8.69. The average molecular weight is 710 g/mol. The van der Waals surface area contributed by atoms with E-state index in [-0.39, 0.29) is 60.0 Å². The normalized spacial score (nSPS) is 14.0. The van der Waals surface area contributed by atoms with Crippen molar-refractivity contribution in [1.29, 1.82) is 0 Å². The summed E-state index contributed by atoms with van der Waals surface area (Å²) in [6.07, 6.45) is -3.28. The van der Waals surface area contributed by atoms with Crippen LogP contribution in [-0.4, -0.2) is 70.8 Å². The fraction of sp³-hybridized carbons (Fsp3) is 0.400. The van der Waals surface area contributed by atoms with E-state index in [1.54, 1.807) is 26.8 Å². The Balaban J connectivity index is 0.00000312. The molecule has 0 N–H and O–H groups in total. The maximum Gasteiger partial charge on any atom is 0.418 e. The summed E-state index contributed by atoms with van der Waals surface area (Å²) in [5.74, 6) is -0.637. The molecule has 0 amide bonds. The van der Waals surface area contributed by atoms with E-state index in [1.807, 2.05) is 18.2 Å². The Kier molecular flexibility index (Phi) is 13.5. The number of alkyl halides is 3. The van der Waals surface area contributed by atoms with Crippen molar-refractivity contribution in [3.8, 4) is 5.69 Å². The molecule has 0 spiro atoms. The predicted octanol–water partition coefficient (Wildman–Crippen LogP) is 6.06. The number of halogens is 5. The lowest BCUT2D eigenvalue weighted by Gasteiger charge is -2.34. The van der Waals surface area contributed by atoms with E-state index in [0.29, 0.717) is 23.1 Å². The molecule has 48 heavy (non-hydrogen) atoms. The van der Waals surface area contributed by atoms with E-state index in [9.17, 15) is 27.6 Å². The quantitative estimate of drug-likeness (QED) is 0.187. The minimum atomic E-state index is -4.80. The van der Waals surface area contributed by atoms with Crippen molar-refractivity contribution < 1.29 is 22.7 Å². The number of carbonyl (C=O) groups excluding carboxylic acids is 1. The molecule has 3 aromatic carbocycles. The van der Waals surface area contributed by atoms with Crippen LogP contribution in [0.25, 0.3) is 16.6 Å². The Labute approximate surface area is 289 Å². The molecule has 5 rings (SSSR count). The summed E-state index contributed by atoms with van der Waals surface area (Å²) in [6, 6.07) is 16.5. The molecule has 1 saturated heterocycles. The molecule has 8 nitrogen and oxygen atoms in total. The molecule has 1 aromatic heterocycles. The first-order valence-electron chi connectivity index (χ1n) is 15.6. The molecule has 1 fully saturated rings. The number of hydrogen-bond donors (Lipinski definition) is 0. The van der Waals surface area contributed by atoms with Crippen molar-refractivity contribution in [2.45, 2.75) is 46.3 Å². The molecule has 0 radical (unpaired) electrons. The zero-order chi connectivity index (χ0) is 33.0. The lowest BCUT2D eigenvalue weighted by Crippen LogP contribution is -2.47. The van der Waals surface area contributed by atoms with Gasteiger partial charge in [-0.15, -0.1) is 24.8 Å². The van der Waals surface area contributed by atoms with Crippen LogP contribution in [0.2, 0.25) is 0 Å². The van der Waals surface area contributed by atoms with Gasteiger partial charge in [-0.1, -0.05) is 42.5 Å². The number of para-hydroxylation sites is 1. The number of aryl methyl sites for hydroxylation is 3. The zero-order valence-corrected chi connectivity index (χ0v) is 28.8. The van der Waals surface area contributed by atoms with Gasteiger partial charge in [0.05, 0.1) is 34.3 Å². The molecule has 1 aliphatic rings. The van der Waals surface area contributed by atoms with Gasteiger partial charge in [-0.2, -0.15) is 13.2 Å². The number of aromatic nitrogens is 2. The van der Waals surface area contributed by atoms with Gasteiger partial charge >= 0.3 is 17.8 Å². The SMILES string of the molecule is CCOC(=O)c1c(C)cc2c(c1C)c(=O)n(-c1ccccc1C(F)(F)F)c(=O)n2CCCN1CCN(CCc2ccccc2)CC1.Cl.Cl. The summed E-state index contributed by atoms with van der Waals surface area (Å²) in [5.41, 5.74) is -0.896. The van der Waals surface area contributed by atoms with Crippen LogP contribution in [0.15, 0.2) is 70.3 Å². The predicted molar refractivity (Wildman–Crippen MR) is 186 cm³/mol. The fourth-order valence-electron chi connectivity index (χ4n) is 6.34. The highest BCUT2D eigenvalue weighted by atomic mass is 35.5. The molecular weight excluding hydrogens is 668 g/mol. The molecule has 0 unspecified atom stereocenters. The highest BCUT2D eigenvalue weighted by molar-refractivity contribution is 5.99. The molecular formula is C35H41Cl2F3N4O4. The molecule has 0 bridgehead atoms. The van der Waals surface area contributed by atoms with Crippen LogP contribution < -0.4 is 11.2 Å². The topological polar surface area (TPSA) is 76.8 Å². The monoisotopic (exact) mass is 708 g/mol. The molecule has 1 aliphatic heterocycles. The van der Waals surface area contributed by atoms with E-state index in [2.05, 4.69) is 21.9 Å². The number of esters is 1. The lowest BCUT2D eigenvalue weighted by atomic mass is 9.98. The second kappa shape index (κ2) is 16.6. The van der Waals surface area contributed by atoms with Gasteiger partial charge in [-0.25, -0.2) is 14.2 Å². The Bertz CT molecular complexity index is 1840. The number of rotatable bonds is 10. The maximum absolute atomic E-state index is 14.1. The molecule has 0 saturated carbocycles. The van der Waals surface area contributed by atoms with Gasteiger partial charge in [-0.3, -0.25) is 9.36 Å². The van der Waals surface area contributed by atoms with Crippen LogP contribution in [0.3, 0.4) is 0 Å².